The standard InChI is InChI=1S/2C22H25.C6H10.2ClH.Hf/c2*1-4-5-7-17-14-20-8-6-9-21(22(20)15-17)19-12-10-18(11-13-19)16(2)3;1-2-4-6-5-3-1;;;/h2*6,8-16H,4-5,7H2,1-3H3;1-2H,3-6H2;2*1H;. The van der Waals surface area contributed by atoms with Crippen molar-refractivity contribution in [3.63, 3.8) is 0 Å². The van der Waals surface area contributed by atoms with Gasteiger partial charge >= 0.3 is 316 Å². The fraction of sp³-hybridized carbons (Fsp3) is 0.440. The average molecular weight is 912 g/mol. The van der Waals surface area contributed by atoms with Crippen molar-refractivity contribution >= 4 is 37.0 Å². The summed E-state index contributed by atoms with van der Waals surface area (Å²) in [5.74, 6) is 1.12. The summed E-state index contributed by atoms with van der Waals surface area (Å²) in [5.41, 5.74) is 18.9. The van der Waals surface area contributed by atoms with Gasteiger partial charge in [-0.3, -0.25) is 0 Å². The van der Waals surface area contributed by atoms with E-state index in [1.54, 1.807) is 22.3 Å². The molecule has 0 spiro atoms. The van der Waals surface area contributed by atoms with Crippen LogP contribution < -0.4 is 0 Å². The SMILES string of the molecule is CCCCC1=Cc2c(-c3ccc(C(C)C)cc3)cccc2[CH]1[Hf]1([CH]2C(CCCC)=Cc3c(-c4ccc(C(C)C)cc4)cccc32)[CH]2CCCC[CH]21.Cl.Cl. The van der Waals surface area contributed by atoms with Crippen molar-refractivity contribution in [2.45, 2.75) is 132 Å². The third kappa shape index (κ3) is 7.08. The van der Waals surface area contributed by atoms with Gasteiger partial charge in [0.15, 0.2) is 0 Å². The van der Waals surface area contributed by atoms with Crippen molar-refractivity contribution in [2.24, 2.45) is 0 Å². The molecule has 0 aromatic heterocycles. The molecule has 4 aromatic rings. The van der Waals surface area contributed by atoms with Gasteiger partial charge in [-0.1, -0.05) is 0 Å². The number of allylic oxidation sites excluding steroid dienone is 2. The number of fused-ring (bicyclic) bond motifs is 3. The molecule has 1 saturated heterocycles. The third-order valence-corrected chi connectivity index (χ3v) is 38.6. The number of unbranched alkanes of at least 4 members (excludes halogenated alkanes) is 2. The molecule has 0 radical (unpaired) electrons. The molecule has 0 N–H and O–H groups in total. The van der Waals surface area contributed by atoms with Crippen LogP contribution in [0.5, 0.6) is 0 Å². The average Bonchev–Trinajstić information content (AvgIpc) is 3.43. The van der Waals surface area contributed by atoms with Crippen molar-refractivity contribution in [2.75, 3.05) is 0 Å². The molecule has 8 rings (SSSR count). The van der Waals surface area contributed by atoms with Crippen LogP contribution in [0.3, 0.4) is 0 Å². The predicted molar refractivity (Wildman–Crippen MR) is 233 cm³/mol. The van der Waals surface area contributed by atoms with Gasteiger partial charge < -0.3 is 0 Å². The van der Waals surface area contributed by atoms with Crippen LogP contribution in [0.1, 0.15) is 158 Å². The molecular weight excluding hydrogens is 850 g/mol. The summed E-state index contributed by atoms with van der Waals surface area (Å²) >= 11 is -3.26. The van der Waals surface area contributed by atoms with Crippen LogP contribution in [0.25, 0.3) is 34.4 Å². The fourth-order valence-corrected chi connectivity index (χ4v) is 46.6. The van der Waals surface area contributed by atoms with Crippen LogP contribution in [0.2, 0.25) is 7.35 Å². The maximum atomic E-state index is 2.76. The van der Waals surface area contributed by atoms with Gasteiger partial charge in [0.1, 0.15) is 0 Å². The van der Waals surface area contributed by atoms with E-state index in [1.807, 2.05) is 11.1 Å². The largest absolute Gasteiger partial charge is 0.147 e. The second-order valence-electron chi connectivity index (χ2n) is 17.2. The molecule has 3 heteroatoms. The Kier molecular flexibility index (Phi) is 12.9. The van der Waals surface area contributed by atoms with Crippen molar-refractivity contribution in [1.82, 2.24) is 0 Å². The quantitative estimate of drug-likeness (QED) is 0.124. The Morgan fingerprint density at radius 2 is 0.943 bits per heavy atom. The minimum atomic E-state index is -3.26. The van der Waals surface area contributed by atoms with Gasteiger partial charge in [-0.15, -0.1) is 24.8 Å². The summed E-state index contributed by atoms with van der Waals surface area (Å²) in [4.78, 5) is 0. The zero-order chi connectivity index (χ0) is 35.3. The monoisotopic (exact) mass is 912 g/mol. The number of hydrogen-bond acceptors (Lipinski definition) is 0. The molecule has 53 heavy (non-hydrogen) atoms. The topological polar surface area (TPSA) is 0 Å². The minimum absolute atomic E-state index is 0. The third-order valence-electron chi connectivity index (χ3n) is 13.7. The van der Waals surface area contributed by atoms with E-state index in [0.717, 1.165) is 14.7 Å². The Morgan fingerprint density at radius 3 is 1.30 bits per heavy atom. The van der Waals surface area contributed by atoms with Gasteiger partial charge in [0.2, 0.25) is 0 Å². The first-order chi connectivity index (χ1) is 24.9. The van der Waals surface area contributed by atoms with E-state index in [2.05, 4.69) is 139 Å². The summed E-state index contributed by atoms with van der Waals surface area (Å²) in [6.45, 7) is 14.0. The Morgan fingerprint density at radius 1 is 0.547 bits per heavy atom. The molecular formula is C50H62Cl2Hf. The van der Waals surface area contributed by atoms with Crippen molar-refractivity contribution in [3.05, 3.63) is 129 Å². The molecule has 4 unspecified atom stereocenters. The zero-order valence-corrected chi connectivity index (χ0v) is 38.3. The van der Waals surface area contributed by atoms with Gasteiger partial charge in [0, 0.05) is 0 Å². The Labute approximate surface area is 338 Å². The Bertz CT molecular complexity index is 1800. The molecule has 3 aliphatic carbocycles. The molecule has 1 aliphatic heterocycles. The molecule has 2 fully saturated rings. The van der Waals surface area contributed by atoms with Crippen LogP contribution >= 0.6 is 24.8 Å². The molecule has 4 aliphatic rings. The van der Waals surface area contributed by atoms with Crippen LogP contribution in [-0.2, 0) is 20.0 Å². The Balaban J connectivity index is 0.00000240. The second kappa shape index (κ2) is 16.9. The number of hydrogen-bond donors (Lipinski definition) is 0. The van der Waals surface area contributed by atoms with Gasteiger partial charge in [-0.2, -0.15) is 0 Å². The fourth-order valence-electron chi connectivity index (χ4n) is 11.1. The van der Waals surface area contributed by atoms with E-state index >= 15 is 0 Å². The van der Waals surface area contributed by atoms with E-state index in [0.29, 0.717) is 11.8 Å². The molecule has 0 bridgehead atoms. The van der Waals surface area contributed by atoms with Gasteiger partial charge in [-0.25, -0.2) is 0 Å². The van der Waals surface area contributed by atoms with E-state index in [4.69, 9.17) is 0 Å². The summed E-state index contributed by atoms with van der Waals surface area (Å²) in [6, 6.07) is 34.0. The molecule has 280 valence electrons. The molecule has 4 aromatic carbocycles. The van der Waals surface area contributed by atoms with Crippen LogP contribution in [-0.4, -0.2) is 0 Å². The van der Waals surface area contributed by atoms with Crippen LogP contribution in [0.4, 0.5) is 0 Å². The van der Waals surface area contributed by atoms with Gasteiger partial charge in [0.05, 0.1) is 0 Å². The first kappa shape index (κ1) is 40.5. The van der Waals surface area contributed by atoms with Crippen molar-refractivity contribution in [1.29, 1.82) is 0 Å². The minimum Gasteiger partial charge on any atom is -0.147 e. The predicted octanol–water partition coefficient (Wildman–Crippen LogP) is 16.4. The zero-order valence-electron chi connectivity index (χ0n) is 33.1. The number of rotatable bonds is 12. The summed E-state index contributed by atoms with van der Waals surface area (Å²) in [5, 5.41) is 0. The normalized spacial score (nSPS) is 23.8. The summed E-state index contributed by atoms with van der Waals surface area (Å²) < 4.78 is 3.49. The van der Waals surface area contributed by atoms with Crippen molar-refractivity contribution in [3.8, 4) is 22.3 Å². The molecule has 4 atom stereocenters. The second-order valence-corrected chi connectivity index (χ2v) is 33.8. The van der Waals surface area contributed by atoms with Crippen molar-refractivity contribution < 1.29 is 20.0 Å². The molecule has 0 nitrogen and oxygen atoms in total. The van der Waals surface area contributed by atoms with E-state index in [-0.39, 0.29) is 24.8 Å². The first-order valence-electron chi connectivity index (χ1n) is 20.8. The van der Waals surface area contributed by atoms with E-state index < -0.39 is 20.0 Å². The van der Waals surface area contributed by atoms with E-state index in [9.17, 15) is 0 Å². The van der Waals surface area contributed by atoms with Gasteiger partial charge in [-0.05, 0) is 0 Å². The molecule has 1 saturated carbocycles. The van der Waals surface area contributed by atoms with E-state index in [1.165, 1.54) is 97.6 Å². The number of benzene rings is 4. The smallest absolute Gasteiger partial charge is 0.147 e. The maximum absolute atomic E-state index is 3.26. The number of halogens is 2. The maximum Gasteiger partial charge on any atom is -0.147 e. The van der Waals surface area contributed by atoms with Crippen LogP contribution in [0, 0.1) is 0 Å². The first-order valence-corrected chi connectivity index (χ1v) is 29.0. The summed E-state index contributed by atoms with van der Waals surface area (Å²) in [7, 11) is 0. The molecule has 0 amide bonds. The van der Waals surface area contributed by atoms with Gasteiger partial charge in [0.25, 0.3) is 0 Å². The molecule has 1 heterocycles. The van der Waals surface area contributed by atoms with Crippen LogP contribution in [0.15, 0.2) is 96.1 Å². The Hall–Kier alpha value is -2.19. The summed E-state index contributed by atoms with van der Waals surface area (Å²) in [6.07, 6.45) is 19.1.